The molecular formula is C26H41FN4O5. The first-order chi connectivity index (χ1) is 17.5. The van der Waals surface area contributed by atoms with Gasteiger partial charge in [-0.15, -0.1) is 0 Å². The van der Waals surface area contributed by atoms with E-state index in [-0.39, 0.29) is 37.0 Å². The molecule has 0 saturated carbocycles. The molecule has 3 rings (SSSR count). The molecule has 0 radical (unpaired) electrons. The molecule has 2 unspecified atom stereocenters. The Balaban J connectivity index is 1.62. The van der Waals surface area contributed by atoms with Crippen molar-refractivity contribution in [1.82, 2.24) is 20.9 Å². The Morgan fingerprint density at radius 2 is 2.11 bits per heavy atom. The summed E-state index contributed by atoms with van der Waals surface area (Å²) in [6.45, 7) is 3.73. The molecule has 0 aliphatic carbocycles. The molecule has 2 saturated heterocycles. The molecule has 2 fully saturated rings. The van der Waals surface area contributed by atoms with Crippen LogP contribution in [0.1, 0.15) is 50.2 Å². The SMILES string of the molecule is CNCC(CC1CCCOCC1)NC(=O)N1CCC[C@@H]([C@@H](OCCNC(=O)O)c2cccc(F)c2)C1. The van der Waals surface area contributed by atoms with Gasteiger partial charge in [0.05, 0.1) is 12.7 Å². The van der Waals surface area contributed by atoms with Crippen LogP contribution in [0.15, 0.2) is 24.3 Å². The molecule has 4 N–H and O–H groups in total. The smallest absolute Gasteiger partial charge is 0.404 e. The van der Waals surface area contributed by atoms with Gasteiger partial charge in [-0.2, -0.15) is 0 Å². The third kappa shape index (κ3) is 9.22. The Hall–Kier alpha value is -2.43. The van der Waals surface area contributed by atoms with E-state index in [9.17, 15) is 14.0 Å². The van der Waals surface area contributed by atoms with E-state index in [1.165, 1.54) is 12.1 Å². The second-order valence-corrected chi connectivity index (χ2v) is 9.78. The van der Waals surface area contributed by atoms with Crippen molar-refractivity contribution in [3.63, 3.8) is 0 Å². The third-order valence-corrected chi connectivity index (χ3v) is 6.99. The first kappa shape index (κ1) is 28.1. The first-order valence-corrected chi connectivity index (χ1v) is 13.1. The number of carboxylic acid groups (broad SMARTS) is 1. The summed E-state index contributed by atoms with van der Waals surface area (Å²) in [4.78, 5) is 25.9. The summed E-state index contributed by atoms with van der Waals surface area (Å²) in [5.41, 5.74) is 0.696. The van der Waals surface area contributed by atoms with Crippen LogP contribution in [0.2, 0.25) is 0 Å². The summed E-state index contributed by atoms with van der Waals surface area (Å²) in [7, 11) is 1.90. The van der Waals surface area contributed by atoms with Crippen molar-refractivity contribution in [1.29, 1.82) is 0 Å². The van der Waals surface area contributed by atoms with Crippen LogP contribution in [-0.2, 0) is 9.47 Å². The number of benzene rings is 1. The molecule has 0 spiro atoms. The Labute approximate surface area is 213 Å². The van der Waals surface area contributed by atoms with Crippen LogP contribution in [0.4, 0.5) is 14.0 Å². The van der Waals surface area contributed by atoms with Crippen LogP contribution in [-0.4, -0.2) is 81.2 Å². The van der Waals surface area contributed by atoms with E-state index in [0.29, 0.717) is 31.1 Å². The number of carbonyl (C=O) groups excluding carboxylic acids is 1. The van der Waals surface area contributed by atoms with Crippen LogP contribution < -0.4 is 16.0 Å². The molecule has 0 bridgehead atoms. The second kappa shape index (κ2) is 15.0. The maximum atomic E-state index is 14.0. The molecular weight excluding hydrogens is 467 g/mol. The highest BCUT2D eigenvalue weighted by Crippen LogP contribution is 2.33. The van der Waals surface area contributed by atoms with Gasteiger partial charge in [0.25, 0.3) is 0 Å². The van der Waals surface area contributed by atoms with Gasteiger partial charge in [0, 0.05) is 51.4 Å². The lowest BCUT2D eigenvalue weighted by Crippen LogP contribution is -2.52. The van der Waals surface area contributed by atoms with Crippen LogP contribution in [0.5, 0.6) is 0 Å². The number of amides is 3. The largest absolute Gasteiger partial charge is 0.465 e. The van der Waals surface area contributed by atoms with Gasteiger partial charge in [-0.05, 0) is 69.2 Å². The average Bonchev–Trinajstić information content (AvgIpc) is 3.13. The molecule has 202 valence electrons. The van der Waals surface area contributed by atoms with Crippen LogP contribution in [0, 0.1) is 17.7 Å². The van der Waals surface area contributed by atoms with E-state index >= 15 is 0 Å². The lowest BCUT2D eigenvalue weighted by Gasteiger charge is -2.38. The Morgan fingerprint density at radius 3 is 2.89 bits per heavy atom. The highest BCUT2D eigenvalue weighted by atomic mass is 19.1. The topological polar surface area (TPSA) is 112 Å². The summed E-state index contributed by atoms with van der Waals surface area (Å²) in [6.07, 6.45) is 4.20. The number of likely N-dealkylation sites (tertiary alicyclic amines) is 1. The minimum absolute atomic E-state index is 0.0297. The van der Waals surface area contributed by atoms with Crippen molar-refractivity contribution in [2.45, 2.75) is 50.7 Å². The van der Waals surface area contributed by atoms with Crippen LogP contribution in [0.3, 0.4) is 0 Å². The maximum absolute atomic E-state index is 14.0. The molecule has 9 nitrogen and oxygen atoms in total. The van der Waals surface area contributed by atoms with Gasteiger partial charge in [0.2, 0.25) is 0 Å². The Kier molecular flexibility index (Phi) is 11.7. The number of carbonyl (C=O) groups is 2. The van der Waals surface area contributed by atoms with Crippen molar-refractivity contribution in [3.8, 4) is 0 Å². The molecule has 3 amide bonds. The van der Waals surface area contributed by atoms with E-state index in [2.05, 4.69) is 16.0 Å². The molecule has 2 aliphatic rings. The molecule has 1 aromatic carbocycles. The van der Waals surface area contributed by atoms with Crippen molar-refractivity contribution in [3.05, 3.63) is 35.6 Å². The van der Waals surface area contributed by atoms with Gasteiger partial charge in [0.1, 0.15) is 5.82 Å². The fraction of sp³-hybridized carbons (Fsp3) is 0.692. The highest BCUT2D eigenvalue weighted by Gasteiger charge is 2.32. The van der Waals surface area contributed by atoms with Crippen LogP contribution in [0.25, 0.3) is 0 Å². The van der Waals surface area contributed by atoms with E-state index < -0.39 is 12.2 Å². The van der Waals surface area contributed by atoms with E-state index in [1.807, 2.05) is 18.0 Å². The first-order valence-electron chi connectivity index (χ1n) is 13.1. The predicted octanol–water partition coefficient (Wildman–Crippen LogP) is 3.37. The molecule has 0 aromatic heterocycles. The van der Waals surface area contributed by atoms with Gasteiger partial charge in [-0.3, -0.25) is 0 Å². The fourth-order valence-corrected chi connectivity index (χ4v) is 5.29. The standard InChI is InChI=1S/C26H41FN4O5/c1-28-17-23(15-19-5-4-12-35-13-9-19)30-25(32)31-11-3-7-21(18-31)24(36-14-10-29-26(33)34)20-6-2-8-22(27)16-20/h2,6,8,16,19,21,23-24,28-29H,3-5,7,9-15,17-18H2,1H3,(H,30,32)(H,33,34)/t19?,21-,23?,24+/m1/s1. The lowest BCUT2D eigenvalue weighted by atomic mass is 9.88. The minimum atomic E-state index is -1.12. The maximum Gasteiger partial charge on any atom is 0.404 e. The van der Waals surface area contributed by atoms with Gasteiger partial charge in [0.15, 0.2) is 0 Å². The summed E-state index contributed by atoms with van der Waals surface area (Å²) >= 11 is 0. The minimum Gasteiger partial charge on any atom is -0.465 e. The van der Waals surface area contributed by atoms with Crippen molar-refractivity contribution >= 4 is 12.1 Å². The van der Waals surface area contributed by atoms with Gasteiger partial charge >= 0.3 is 12.1 Å². The number of halogens is 1. The van der Waals surface area contributed by atoms with E-state index in [4.69, 9.17) is 14.6 Å². The van der Waals surface area contributed by atoms with E-state index in [1.54, 1.807) is 6.07 Å². The molecule has 36 heavy (non-hydrogen) atoms. The molecule has 1 aromatic rings. The zero-order valence-corrected chi connectivity index (χ0v) is 21.2. The number of urea groups is 1. The highest BCUT2D eigenvalue weighted by molar-refractivity contribution is 5.74. The number of ether oxygens (including phenoxy) is 2. The molecule has 2 aliphatic heterocycles. The molecule has 10 heteroatoms. The van der Waals surface area contributed by atoms with Gasteiger partial charge in [-0.1, -0.05) is 12.1 Å². The molecule has 2 heterocycles. The van der Waals surface area contributed by atoms with E-state index in [0.717, 1.165) is 51.7 Å². The van der Waals surface area contributed by atoms with Crippen LogP contribution >= 0.6 is 0 Å². The second-order valence-electron chi connectivity index (χ2n) is 9.78. The predicted molar refractivity (Wildman–Crippen MR) is 134 cm³/mol. The summed E-state index contributed by atoms with van der Waals surface area (Å²) in [5, 5.41) is 17.6. The number of nitrogens with one attached hydrogen (secondary N) is 3. The third-order valence-electron chi connectivity index (χ3n) is 6.99. The summed E-state index contributed by atoms with van der Waals surface area (Å²) < 4.78 is 25.6. The number of hydrogen-bond donors (Lipinski definition) is 4. The fourth-order valence-electron chi connectivity index (χ4n) is 5.29. The Morgan fingerprint density at radius 1 is 1.25 bits per heavy atom. The van der Waals surface area contributed by atoms with Gasteiger partial charge in [-0.25, -0.2) is 14.0 Å². The number of rotatable bonds is 11. The number of nitrogens with zero attached hydrogens (tertiary/aromatic N) is 1. The average molecular weight is 509 g/mol. The monoisotopic (exact) mass is 508 g/mol. The number of likely N-dealkylation sites (N-methyl/N-ethyl adjacent to an activating group) is 1. The molecule has 4 atom stereocenters. The van der Waals surface area contributed by atoms with Crippen molar-refractivity contribution in [2.75, 3.05) is 53.0 Å². The normalized spacial score (nSPS) is 22.3. The van der Waals surface area contributed by atoms with Crippen molar-refractivity contribution in [2.24, 2.45) is 11.8 Å². The van der Waals surface area contributed by atoms with Gasteiger partial charge < -0.3 is 35.4 Å². The lowest BCUT2D eigenvalue weighted by molar-refractivity contribution is -0.00866. The summed E-state index contributed by atoms with van der Waals surface area (Å²) in [6, 6.07) is 6.24. The number of hydrogen-bond acceptors (Lipinski definition) is 5. The number of piperidine rings is 1. The Bertz CT molecular complexity index is 821. The summed E-state index contributed by atoms with van der Waals surface area (Å²) in [5.74, 6) is 0.150. The zero-order chi connectivity index (χ0) is 25.8. The van der Waals surface area contributed by atoms with Crippen molar-refractivity contribution < 1.29 is 28.6 Å². The zero-order valence-electron chi connectivity index (χ0n) is 21.2. The quantitative estimate of drug-likeness (QED) is 0.341.